The van der Waals surface area contributed by atoms with Crippen molar-refractivity contribution in [3.63, 3.8) is 0 Å². The summed E-state index contributed by atoms with van der Waals surface area (Å²) in [6.45, 7) is -1.66. The van der Waals surface area contributed by atoms with E-state index in [1.165, 1.54) is 43.3 Å². The number of halogens is 5. The third-order valence-corrected chi connectivity index (χ3v) is 8.97. The molecule has 0 aromatic heterocycles. The predicted molar refractivity (Wildman–Crippen MR) is 156 cm³/mol. The number of benzene rings is 3. The van der Waals surface area contributed by atoms with Gasteiger partial charge in [0.1, 0.15) is 17.6 Å². The summed E-state index contributed by atoms with van der Waals surface area (Å²) in [4.78, 5) is 15.0. The fraction of sp³-hybridized carbons (Fsp3) is 0.355. The second-order valence-corrected chi connectivity index (χ2v) is 12.6. The van der Waals surface area contributed by atoms with Crippen molar-refractivity contribution in [1.29, 1.82) is 5.26 Å². The van der Waals surface area contributed by atoms with Crippen molar-refractivity contribution in [2.45, 2.75) is 55.8 Å². The van der Waals surface area contributed by atoms with E-state index >= 15 is 0 Å². The first-order valence-corrected chi connectivity index (χ1v) is 15.7. The smallest absolute Gasteiger partial charge is 0.488 e. The molecule has 9 nitrogen and oxygen atoms in total. The van der Waals surface area contributed by atoms with Gasteiger partial charge in [-0.1, -0.05) is 25.1 Å². The molecule has 15 heteroatoms. The fourth-order valence-corrected chi connectivity index (χ4v) is 5.90. The molecule has 46 heavy (non-hydrogen) atoms. The van der Waals surface area contributed by atoms with E-state index in [0.29, 0.717) is 11.3 Å². The second-order valence-electron chi connectivity index (χ2n) is 10.3. The lowest BCUT2D eigenvalue weighted by molar-refractivity contribution is -0.274. The van der Waals surface area contributed by atoms with Crippen LogP contribution in [0.2, 0.25) is 0 Å². The molecule has 3 aromatic carbocycles. The molecule has 3 atom stereocenters. The van der Waals surface area contributed by atoms with Gasteiger partial charge in [-0.25, -0.2) is 8.42 Å². The summed E-state index contributed by atoms with van der Waals surface area (Å²) in [5, 5.41) is 12.1. The molecule has 4 rings (SSSR count). The summed E-state index contributed by atoms with van der Waals surface area (Å²) in [6.07, 6.45) is -5.34. The van der Waals surface area contributed by atoms with Crippen LogP contribution < -0.4 is 19.7 Å². The van der Waals surface area contributed by atoms with Crippen LogP contribution in [0.5, 0.6) is 11.5 Å². The summed E-state index contributed by atoms with van der Waals surface area (Å²) >= 11 is 0. The Hall–Kier alpha value is -4.42. The molecular formula is C31H30F5N3O6S. The molecule has 0 aliphatic carbocycles. The number of hydrogen-bond donors (Lipinski definition) is 1. The number of carbonyl (C=O) groups is 1. The molecule has 0 saturated carbocycles. The molecule has 246 valence electrons. The molecule has 1 aliphatic heterocycles. The monoisotopic (exact) mass is 667 g/mol. The van der Waals surface area contributed by atoms with Gasteiger partial charge in [0.05, 0.1) is 48.4 Å². The number of sulfone groups is 1. The SMILES string of the molecule is CCS(=O)(=O)c1ccc([C@H](CC#N)NC(=O)c2ccc(N3C[C@@H](Oc4cccc(OC(F)(F)F)c4)C[C@H]3COC(F)F)cc2)cc1. The van der Waals surface area contributed by atoms with E-state index in [1.54, 1.807) is 29.2 Å². The van der Waals surface area contributed by atoms with E-state index in [2.05, 4.69) is 14.8 Å². The Bertz CT molecular complexity index is 1630. The zero-order valence-corrected chi connectivity index (χ0v) is 25.2. The number of alkyl halides is 5. The maximum Gasteiger partial charge on any atom is 0.573 e. The van der Waals surface area contributed by atoms with Gasteiger partial charge in [0.15, 0.2) is 9.84 Å². The molecular weight excluding hydrogens is 637 g/mol. The number of rotatable bonds is 13. The van der Waals surface area contributed by atoms with Crippen LogP contribution in [0.3, 0.4) is 0 Å². The molecule has 1 heterocycles. The van der Waals surface area contributed by atoms with Gasteiger partial charge in [0.25, 0.3) is 5.91 Å². The molecule has 0 bridgehead atoms. The molecule has 0 unspecified atom stereocenters. The highest BCUT2D eigenvalue weighted by molar-refractivity contribution is 7.91. The second kappa shape index (κ2) is 14.8. The van der Waals surface area contributed by atoms with Crippen LogP contribution in [-0.4, -0.2) is 58.3 Å². The Morgan fingerprint density at radius 3 is 2.35 bits per heavy atom. The zero-order valence-electron chi connectivity index (χ0n) is 24.4. The molecule has 3 aromatic rings. The quantitative estimate of drug-likeness (QED) is 0.220. The molecule has 0 radical (unpaired) electrons. The van der Waals surface area contributed by atoms with E-state index in [9.17, 15) is 40.4 Å². The Balaban J connectivity index is 1.46. The van der Waals surface area contributed by atoms with E-state index in [4.69, 9.17) is 4.74 Å². The number of nitrogens with zero attached hydrogens (tertiary/aromatic N) is 2. The fourth-order valence-electron chi connectivity index (χ4n) is 5.02. The minimum Gasteiger partial charge on any atom is -0.488 e. The number of ether oxygens (including phenoxy) is 3. The number of hydrogen-bond acceptors (Lipinski definition) is 8. The Kier molecular flexibility index (Phi) is 11.1. The lowest BCUT2D eigenvalue weighted by Crippen LogP contribution is -2.34. The van der Waals surface area contributed by atoms with E-state index in [1.807, 2.05) is 6.07 Å². The number of amides is 1. The van der Waals surface area contributed by atoms with Crippen molar-refractivity contribution in [2.75, 3.05) is 23.8 Å². The minimum atomic E-state index is -4.88. The average Bonchev–Trinajstić information content (AvgIpc) is 3.41. The topological polar surface area (TPSA) is 118 Å². The Morgan fingerprint density at radius 2 is 1.74 bits per heavy atom. The maximum absolute atomic E-state index is 13.1. The summed E-state index contributed by atoms with van der Waals surface area (Å²) < 4.78 is 102. The largest absolute Gasteiger partial charge is 0.573 e. The number of nitrogens with one attached hydrogen (secondary N) is 1. The van der Waals surface area contributed by atoms with Gasteiger partial charge in [-0.15, -0.1) is 13.2 Å². The van der Waals surface area contributed by atoms with Crippen LogP contribution in [0.25, 0.3) is 0 Å². The van der Waals surface area contributed by atoms with Crippen molar-refractivity contribution in [2.24, 2.45) is 0 Å². The van der Waals surface area contributed by atoms with Crippen molar-refractivity contribution >= 4 is 21.4 Å². The third-order valence-electron chi connectivity index (χ3n) is 7.22. The van der Waals surface area contributed by atoms with Crippen LogP contribution in [0.1, 0.15) is 41.7 Å². The summed E-state index contributed by atoms with van der Waals surface area (Å²) in [5.74, 6) is -0.939. The van der Waals surface area contributed by atoms with Gasteiger partial charge in [-0.3, -0.25) is 4.79 Å². The van der Waals surface area contributed by atoms with Gasteiger partial charge in [0.2, 0.25) is 0 Å². The van der Waals surface area contributed by atoms with Gasteiger partial charge in [0, 0.05) is 23.7 Å². The Morgan fingerprint density at radius 1 is 1.07 bits per heavy atom. The summed E-state index contributed by atoms with van der Waals surface area (Å²) in [5.41, 5.74) is 1.34. The highest BCUT2D eigenvalue weighted by atomic mass is 32.2. The van der Waals surface area contributed by atoms with E-state index < -0.39 is 52.7 Å². The Labute approximate surface area is 262 Å². The first-order valence-electron chi connectivity index (χ1n) is 14.1. The normalized spacial score (nSPS) is 17.4. The highest BCUT2D eigenvalue weighted by Gasteiger charge is 2.35. The molecule has 1 amide bonds. The number of carbonyl (C=O) groups excluding carboxylic acids is 1. The zero-order chi connectivity index (χ0) is 33.5. The van der Waals surface area contributed by atoms with Gasteiger partial charge >= 0.3 is 13.0 Å². The molecule has 1 N–H and O–H groups in total. The molecule has 1 aliphatic rings. The van der Waals surface area contributed by atoms with Crippen molar-refractivity contribution < 1.29 is 49.4 Å². The van der Waals surface area contributed by atoms with Crippen LogP contribution >= 0.6 is 0 Å². The third kappa shape index (κ3) is 9.30. The summed E-state index contributed by atoms with van der Waals surface area (Å²) in [6, 6.07) is 17.9. The first-order chi connectivity index (χ1) is 21.8. The van der Waals surface area contributed by atoms with Crippen LogP contribution in [0.15, 0.2) is 77.7 Å². The van der Waals surface area contributed by atoms with Gasteiger partial charge in [-0.2, -0.15) is 14.0 Å². The van der Waals surface area contributed by atoms with E-state index in [0.717, 1.165) is 12.1 Å². The first kappa shape index (κ1) is 34.5. The lowest BCUT2D eigenvalue weighted by atomic mass is 10.0. The van der Waals surface area contributed by atoms with Crippen molar-refractivity contribution in [3.05, 3.63) is 83.9 Å². The summed E-state index contributed by atoms with van der Waals surface area (Å²) in [7, 11) is -3.42. The minimum absolute atomic E-state index is 0.0690. The van der Waals surface area contributed by atoms with Crippen molar-refractivity contribution in [1.82, 2.24) is 5.32 Å². The lowest BCUT2D eigenvalue weighted by Gasteiger charge is -2.26. The standard InChI is InChI=1S/C31H30F5N3O6S/c1-2-46(41,42)27-12-8-20(9-13-27)28(14-15-37)38-29(40)21-6-10-22(11-7-21)39-18-26(16-23(39)19-43-30(32)33)44-24-4-3-5-25(17-24)45-31(34,35)36/h3-13,17,23,26,28,30H,2,14,16,18-19H2,1H3,(H,38,40)/t23-,26-,28-/m0/s1. The van der Waals surface area contributed by atoms with Crippen LogP contribution in [0.4, 0.5) is 27.6 Å². The molecule has 0 spiro atoms. The number of nitriles is 1. The highest BCUT2D eigenvalue weighted by Crippen LogP contribution is 2.32. The van der Waals surface area contributed by atoms with Gasteiger partial charge < -0.3 is 24.4 Å². The molecule has 1 saturated heterocycles. The number of anilines is 1. The van der Waals surface area contributed by atoms with Crippen LogP contribution in [-0.2, 0) is 14.6 Å². The van der Waals surface area contributed by atoms with Crippen molar-refractivity contribution in [3.8, 4) is 17.6 Å². The average molecular weight is 668 g/mol. The van der Waals surface area contributed by atoms with E-state index in [-0.39, 0.29) is 48.0 Å². The predicted octanol–water partition coefficient (Wildman–Crippen LogP) is 6.03. The van der Waals surface area contributed by atoms with Crippen LogP contribution in [0, 0.1) is 11.3 Å². The maximum atomic E-state index is 13.1. The van der Waals surface area contributed by atoms with Gasteiger partial charge in [-0.05, 0) is 54.1 Å². The molecule has 1 fully saturated rings.